The van der Waals surface area contributed by atoms with Gasteiger partial charge in [-0.3, -0.25) is 0 Å². The molecule has 0 heterocycles. The van der Waals surface area contributed by atoms with Crippen LogP contribution in [0.15, 0.2) is 29.2 Å². The topological polar surface area (TPSA) is 55.4 Å². The van der Waals surface area contributed by atoms with E-state index in [1.165, 1.54) is 0 Å². The Morgan fingerprint density at radius 1 is 1.30 bits per heavy atom. The summed E-state index contributed by atoms with van der Waals surface area (Å²) in [5, 5.41) is 3.38. The number of methoxy groups -OCH3 is 1. The number of anilines is 1. The Hall–Kier alpha value is -1.07. The first-order valence-corrected chi connectivity index (χ1v) is 8.83. The molecule has 2 unspecified atom stereocenters. The van der Waals surface area contributed by atoms with Crippen molar-refractivity contribution >= 4 is 15.5 Å². The summed E-state index contributed by atoms with van der Waals surface area (Å²) in [6.07, 6.45) is 3.88. The van der Waals surface area contributed by atoms with Crippen molar-refractivity contribution in [3.05, 3.63) is 24.3 Å². The molecule has 1 aliphatic carbocycles. The van der Waals surface area contributed by atoms with E-state index >= 15 is 0 Å². The molecule has 1 N–H and O–H groups in total. The molecule has 1 aromatic carbocycles. The van der Waals surface area contributed by atoms with Gasteiger partial charge in [-0.2, -0.15) is 0 Å². The summed E-state index contributed by atoms with van der Waals surface area (Å²) >= 11 is 0. The van der Waals surface area contributed by atoms with Gasteiger partial charge in [0.25, 0.3) is 0 Å². The highest BCUT2D eigenvalue weighted by molar-refractivity contribution is 7.91. The summed E-state index contributed by atoms with van der Waals surface area (Å²) in [6, 6.07) is 7.48. The normalized spacial score (nSPS) is 22.9. The number of hydrogen-bond donors (Lipinski definition) is 1. The van der Waals surface area contributed by atoms with Crippen molar-refractivity contribution in [3.63, 3.8) is 0 Å². The van der Waals surface area contributed by atoms with Gasteiger partial charge < -0.3 is 10.1 Å². The lowest BCUT2D eigenvalue weighted by Crippen LogP contribution is -2.19. The highest BCUT2D eigenvalue weighted by Crippen LogP contribution is 2.28. The Bertz CT molecular complexity index is 542. The minimum absolute atomic E-state index is 0.192. The smallest absolute Gasteiger partial charge is 0.180 e. The van der Waals surface area contributed by atoms with Crippen LogP contribution in [0.1, 0.15) is 32.6 Å². The molecule has 112 valence electrons. The Balaban J connectivity index is 2.17. The Morgan fingerprint density at radius 2 is 2.05 bits per heavy atom. The molecule has 1 aliphatic rings. The summed E-state index contributed by atoms with van der Waals surface area (Å²) in [5.41, 5.74) is 0.725. The molecule has 2 rings (SSSR count). The maximum atomic E-state index is 12.3. The number of ether oxygens (including phenoxy) is 1. The molecule has 0 aliphatic heterocycles. The lowest BCUT2D eigenvalue weighted by molar-refractivity contribution is 0.108. The summed E-state index contributed by atoms with van der Waals surface area (Å²) in [6.45, 7) is 1.88. The molecular formula is C15H23NO3S. The van der Waals surface area contributed by atoms with E-state index in [0.29, 0.717) is 11.3 Å². The molecule has 1 aromatic rings. The molecule has 0 radical (unpaired) electrons. The molecule has 4 nitrogen and oxygen atoms in total. The van der Waals surface area contributed by atoms with Crippen LogP contribution in [0.4, 0.5) is 5.69 Å². The van der Waals surface area contributed by atoms with Gasteiger partial charge in [-0.15, -0.1) is 0 Å². The van der Waals surface area contributed by atoms with Crippen LogP contribution in [0.25, 0.3) is 0 Å². The van der Waals surface area contributed by atoms with Crippen LogP contribution >= 0.6 is 0 Å². The van der Waals surface area contributed by atoms with Crippen molar-refractivity contribution in [2.24, 2.45) is 0 Å². The summed E-state index contributed by atoms with van der Waals surface area (Å²) in [5.74, 6) is 0.192. The van der Waals surface area contributed by atoms with Crippen molar-refractivity contribution in [1.29, 1.82) is 0 Å². The van der Waals surface area contributed by atoms with E-state index in [2.05, 4.69) is 5.32 Å². The number of sulfone groups is 1. The minimum atomic E-state index is -3.20. The zero-order chi connectivity index (χ0) is 14.6. The Kier molecular flexibility index (Phi) is 5.05. The highest BCUT2D eigenvalue weighted by atomic mass is 32.2. The average molecular weight is 297 g/mol. The molecule has 0 aromatic heterocycles. The zero-order valence-corrected chi connectivity index (χ0v) is 12.9. The lowest BCUT2D eigenvalue weighted by Gasteiger charge is -2.17. The summed E-state index contributed by atoms with van der Waals surface area (Å²) in [4.78, 5) is 0.419. The Labute approximate surface area is 121 Å². The summed E-state index contributed by atoms with van der Waals surface area (Å²) < 4.78 is 29.9. The molecule has 0 spiro atoms. The van der Waals surface area contributed by atoms with E-state index in [9.17, 15) is 8.42 Å². The predicted molar refractivity (Wildman–Crippen MR) is 80.8 cm³/mol. The third-order valence-corrected chi connectivity index (χ3v) is 5.74. The van der Waals surface area contributed by atoms with Gasteiger partial charge in [-0.25, -0.2) is 8.42 Å². The summed E-state index contributed by atoms with van der Waals surface area (Å²) in [7, 11) is -1.47. The zero-order valence-electron chi connectivity index (χ0n) is 12.1. The fourth-order valence-electron chi connectivity index (χ4n) is 2.74. The minimum Gasteiger partial charge on any atom is -0.381 e. The van der Waals surface area contributed by atoms with Crippen molar-refractivity contribution in [2.45, 2.75) is 49.6 Å². The first-order chi connectivity index (χ1) is 9.56. The molecule has 0 bridgehead atoms. The van der Waals surface area contributed by atoms with Crippen molar-refractivity contribution < 1.29 is 13.2 Å². The van der Waals surface area contributed by atoms with Gasteiger partial charge in [0.05, 0.1) is 22.4 Å². The number of rotatable bonds is 6. The van der Waals surface area contributed by atoms with Crippen molar-refractivity contribution in [3.8, 4) is 0 Å². The number of para-hydroxylation sites is 1. The number of hydrogen-bond acceptors (Lipinski definition) is 4. The maximum Gasteiger partial charge on any atom is 0.180 e. The largest absolute Gasteiger partial charge is 0.381 e. The van der Waals surface area contributed by atoms with Crippen molar-refractivity contribution in [1.82, 2.24) is 0 Å². The maximum absolute atomic E-state index is 12.3. The Morgan fingerprint density at radius 3 is 2.70 bits per heavy atom. The first kappa shape index (κ1) is 15.3. The average Bonchev–Trinajstić information content (AvgIpc) is 2.87. The van der Waals surface area contributed by atoms with Crippen LogP contribution < -0.4 is 5.32 Å². The van der Waals surface area contributed by atoms with Gasteiger partial charge in [0.1, 0.15) is 0 Å². The second kappa shape index (κ2) is 6.59. The number of nitrogens with one attached hydrogen (secondary N) is 1. The molecule has 0 amide bonds. The van der Waals surface area contributed by atoms with E-state index < -0.39 is 9.84 Å². The van der Waals surface area contributed by atoms with Crippen LogP contribution in [0, 0.1) is 0 Å². The molecule has 1 saturated carbocycles. The van der Waals surface area contributed by atoms with Gasteiger partial charge >= 0.3 is 0 Å². The van der Waals surface area contributed by atoms with Crippen LogP contribution in [0.3, 0.4) is 0 Å². The van der Waals surface area contributed by atoms with E-state index in [4.69, 9.17) is 4.74 Å². The van der Waals surface area contributed by atoms with Gasteiger partial charge in [0.2, 0.25) is 0 Å². The molecule has 2 atom stereocenters. The fourth-order valence-corrected chi connectivity index (χ4v) is 4.25. The van der Waals surface area contributed by atoms with Gasteiger partial charge in [-0.1, -0.05) is 19.1 Å². The van der Waals surface area contributed by atoms with E-state index in [0.717, 1.165) is 24.9 Å². The number of benzene rings is 1. The SMILES string of the molecule is CCCS(=O)(=O)c1ccccc1NC1CCC(OC)C1. The first-order valence-electron chi connectivity index (χ1n) is 7.18. The monoisotopic (exact) mass is 297 g/mol. The fraction of sp³-hybridized carbons (Fsp3) is 0.600. The van der Waals surface area contributed by atoms with Crippen LogP contribution in [-0.2, 0) is 14.6 Å². The third-order valence-electron chi connectivity index (χ3n) is 3.77. The van der Waals surface area contributed by atoms with Crippen molar-refractivity contribution in [2.75, 3.05) is 18.2 Å². The van der Waals surface area contributed by atoms with Gasteiger partial charge in [0.15, 0.2) is 9.84 Å². The molecule has 5 heteroatoms. The molecular weight excluding hydrogens is 274 g/mol. The van der Waals surface area contributed by atoms with Crippen LogP contribution in [-0.4, -0.2) is 33.4 Å². The van der Waals surface area contributed by atoms with E-state index in [1.807, 2.05) is 19.1 Å². The molecule has 0 saturated heterocycles. The lowest BCUT2D eigenvalue weighted by atomic mass is 10.2. The second-order valence-corrected chi connectivity index (χ2v) is 7.40. The third kappa shape index (κ3) is 3.52. The highest BCUT2D eigenvalue weighted by Gasteiger charge is 2.26. The van der Waals surface area contributed by atoms with Crippen LogP contribution in [0.2, 0.25) is 0 Å². The standard InChI is InChI=1S/C15H23NO3S/c1-3-10-20(17,18)15-7-5-4-6-14(15)16-12-8-9-13(11-12)19-2/h4-7,12-13,16H,3,8-11H2,1-2H3. The second-order valence-electron chi connectivity index (χ2n) is 5.33. The quantitative estimate of drug-likeness (QED) is 0.877. The van der Waals surface area contributed by atoms with Gasteiger partial charge in [0, 0.05) is 13.2 Å². The van der Waals surface area contributed by atoms with E-state index in [-0.39, 0.29) is 17.9 Å². The van der Waals surface area contributed by atoms with Crippen LogP contribution in [0.5, 0.6) is 0 Å². The van der Waals surface area contributed by atoms with E-state index in [1.54, 1.807) is 19.2 Å². The van der Waals surface area contributed by atoms with Gasteiger partial charge in [-0.05, 0) is 37.8 Å². The molecule has 1 fully saturated rings. The molecule has 20 heavy (non-hydrogen) atoms. The predicted octanol–water partition coefficient (Wildman–Crippen LogP) is 2.85.